The lowest BCUT2D eigenvalue weighted by atomic mass is 10.1. The Bertz CT molecular complexity index is 484. The van der Waals surface area contributed by atoms with E-state index in [9.17, 15) is 0 Å². The van der Waals surface area contributed by atoms with E-state index in [1.54, 1.807) is 0 Å². The molecule has 1 aliphatic rings. The van der Waals surface area contributed by atoms with Crippen molar-refractivity contribution in [3.05, 3.63) is 11.6 Å². The SMILES string of the molecule is CCNC(=NCCCCSC)NC1CCc2nc(C)nn2C1. The number of aryl methyl sites for hydroxylation is 2. The van der Waals surface area contributed by atoms with E-state index >= 15 is 0 Å². The van der Waals surface area contributed by atoms with Crippen LogP contribution in [0.4, 0.5) is 0 Å². The smallest absolute Gasteiger partial charge is 0.191 e. The molecule has 6 nitrogen and oxygen atoms in total. The maximum absolute atomic E-state index is 4.68. The number of thioether (sulfide) groups is 1. The summed E-state index contributed by atoms with van der Waals surface area (Å²) in [7, 11) is 0. The lowest BCUT2D eigenvalue weighted by molar-refractivity contribution is 0.392. The van der Waals surface area contributed by atoms with Crippen LogP contribution in [0.2, 0.25) is 0 Å². The summed E-state index contributed by atoms with van der Waals surface area (Å²) in [6, 6.07) is 0.373. The van der Waals surface area contributed by atoms with Crippen molar-refractivity contribution >= 4 is 17.7 Å². The van der Waals surface area contributed by atoms with E-state index < -0.39 is 0 Å². The van der Waals surface area contributed by atoms with Crippen LogP contribution >= 0.6 is 11.8 Å². The highest BCUT2D eigenvalue weighted by molar-refractivity contribution is 7.98. The second-order valence-corrected chi connectivity index (χ2v) is 6.58. The largest absolute Gasteiger partial charge is 0.357 e. The van der Waals surface area contributed by atoms with E-state index in [4.69, 9.17) is 0 Å². The highest BCUT2D eigenvalue weighted by atomic mass is 32.2. The highest BCUT2D eigenvalue weighted by Gasteiger charge is 2.21. The fourth-order valence-corrected chi connectivity index (χ4v) is 3.11. The van der Waals surface area contributed by atoms with Gasteiger partial charge in [-0.25, -0.2) is 9.67 Å². The molecule has 1 aromatic heterocycles. The first-order valence-corrected chi connectivity index (χ1v) is 9.56. The van der Waals surface area contributed by atoms with Crippen molar-refractivity contribution < 1.29 is 0 Å². The third-order valence-electron chi connectivity index (χ3n) is 3.68. The van der Waals surface area contributed by atoms with Gasteiger partial charge in [0, 0.05) is 25.6 Å². The number of hydrogen-bond acceptors (Lipinski definition) is 4. The molecule has 0 amide bonds. The minimum absolute atomic E-state index is 0.373. The zero-order valence-corrected chi connectivity index (χ0v) is 14.7. The Labute approximate surface area is 137 Å². The molecule has 0 radical (unpaired) electrons. The molecule has 0 saturated heterocycles. The molecule has 7 heteroatoms. The number of aliphatic imine (C=N–C) groups is 1. The summed E-state index contributed by atoms with van der Waals surface area (Å²) in [4.78, 5) is 9.14. The number of fused-ring (bicyclic) bond motifs is 1. The molecule has 2 N–H and O–H groups in total. The van der Waals surface area contributed by atoms with Crippen LogP contribution in [0, 0.1) is 6.92 Å². The molecule has 2 heterocycles. The van der Waals surface area contributed by atoms with E-state index in [-0.39, 0.29) is 0 Å². The number of guanidine groups is 1. The Hall–Kier alpha value is -1.24. The van der Waals surface area contributed by atoms with Crippen molar-refractivity contribution in [2.75, 3.05) is 25.1 Å². The van der Waals surface area contributed by atoms with Gasteiger partial charge >= 0.3 is 0 Å². The maximum atomic E-state index is 4.68. The fourth-order valence-electron chi connectivity index (χ4n) is 2.61. The summed E-state index contributed by atoms with van der Waals surface area (Å²) in [5.41, 5.74) is 0. The summed E-state index contributed by atoms with van der Waals surface area (Å²) >= 11 is 1.90. The molecule has 22 heavy (non-hydrogen) atoms. The van der Waals surface area contributed by atoms with E-state index in [2.05, 4.69) is 38.9 Å². The quantitative estimate of drug-likeness (QED) is 0.453. The molecule has 2 rings (SSSR count). The number of aromatic nitrogens is 3. The Morgan fingerprint density at radius 1 is 1.45 bits per heavy atom. The van der Waals surface area contributed by atoms with E-state index in [1.165, 1.54) is 12.2 Å². The van der Waals surface area contributed by atoms with Gasteiger partial charge in [-0.05, 0) is 45.1 Å². The van der Waals surface area contributed by atoms with Gasteiger partial charge in [-0.15, -0.1) is 0 Å². The topological polar surface area (TPSA) is 67.1 Å². The number of nitrogens with zero attached hydrogens (tertiary/aromatic N) is 4. The van der Waals surface area contributed by atoms with Gasteiger partial charge in [0.1, 0.15) is 11.6 Å². The van der Waals surface area contributed by atoms with Crippen molar-refractivity contribution in [2.24, 2.45) is 4.99 Å². The average Bonchev–Trinajstić information content (AvgIpc) is 2.86. The van der Waals surface area contributed by atoms with Crippen LogP contribution in [0.5, 0.6) is 0 Å². The first-order valence-electron chi connectivity index (χ1n) is 8.17. The normalized spacial score (nSPS) is 18.1. The van der Waals surface area contributed by atoms with Gasteiger partial charge in [-0.2, -0.15) is 16.9 Å². The average molecular weight is 324 g/mol. The Morgan fingerprint density at radius 3 is 3.09 bits per heavy atom. The molecule has 1 aliphatic heterocycles. The first kappa shape index (κ1) is 17.1. The number of rotatable bonds is 7. The zero-order chi connectivity index (χ0) is 15.8. The van der Waals surface area contributed by atoms with Gasteiger partial charge in [0.15, 0.2) is 5.96 Å². The summed E-state index contributed by atoms with van der Waals surface area (Å²) in [5.74, 6) is 4.12. The Balaban J connectivity index is 1.84. The van der Waals surface area contributed by atoms with Crippen molar-refractivity contribution in [3.63, 3.8) is 0 Å². The molecule has 124 valence electrons. The van der Waals surface area contributed by atoms with Crippen LogP contribution < -0.4 is 10.6 Å². The van der Waals surface area contributed by atoms with Crippen LogP contribution in [0.25, 0.3) is 0 Å². The molecule has 1 unspecified atom stereocenters. The van der Waals surface area contributed by atoms with Crippen molar-refractivity contribution in [1.29, 1.82) is 0 Å². The van der Waals surface area contributed by atoms with Crippen molar-refractivity contribution in [1.82, 2.24) is 25.4 Å². The van der Waals surface area contributed by atoms with Gasteiger partial charge in [0.2, 0.25) is 0 Å². The summed E-state index contributed by atoms with van der Waals surface area (Å²) in [6.07, 6.45) is 6.59. The number of nitrogens with one attached hydrogen (secondary N) is 2. The molecular weight excluding hydrogens is 296 g/mol. The molecule has 0 fully saturated rings. The minimum Gasteiger partial charge on any atom is -0.357 e. The van der Waals surface area contributed by atoms with Gasteiger partial charge in [0.25, 0.3) is 0 Å². The fraction of sp³-hybridized carbons (Fsp3) is 0.800. The lowest BCUT2D eigenvalue weighted by Gasteiger charge is -2.25. The Kier molecular flexibility index (Phi) is 7.02. The van der Waals surface area contributed by atoms with E-state index in [0.29, 0.717) is 6.04 Å². The Morgan fingerprint density at radius 2 is 2.32 bits per heavy atom. The van der Waals surface area contributed by atoms with Gasteiger partial charge in [0.05, 0.1) is 6.54 Å². The van der Waals surface area contributed by atoms with Crippen molar-refractivity contribution in [2.45, 2.75) is 52.1 Å². The minimum atomic E-state index is 0.373. The third-order valence-corrected chi connectivity index (χ3v) is 4.37. The molecule has 0 aliphatic carbocycles. The molecule has 0 bridgehead atoms. The van der Waals surface area contributed by atoms with Crippen LogP contribution in [0.15, 0.2) is 4.99 Å². The molecule has 1 atom stereocenters. The molecule has 1 aromatic rings. The van der Waals surface area contributed by atoms with Gasteiger partial charge in [-0.3, -0.25) is 4.99 Å². The third kappa shape index (κ3) is 5.19. The summed E-state index contributed by atoms with van der Waals surface area (Å²) in [6.45, 7) is 6.69. The molecule has 0 aromatic carbocycles. The van der Waals surface area contributed by atoms with E-state index in [0.717, 1.165) is 56.5 Å². The second kappa shape index (κ2) is 9.02. The van der Waals surface area contributed by atoms with Gasteiger partial charge < -0.3 is 10.6 Å². The van der Waals surface area contributed by atoms with Crippen LogP contribution in [-0.4, -0.2) is 51.9 Å². The molecular formula is C15H28N6S. The van der Waals surface area contributed by atoms with Crippen LogP contribution in [-0.2, 0) is 13.0 Å². The molecule has 0 spiro atoms. The van der Waals surface area contributed by atoms with Crippen LogP contribution in [0.1, 0.15) is 37.8 Å². The van der Waals surface area contributed by atoms with E-state index in [1.807, 2.05) is 23.4 Å². The lowest BCUT2D eigenvalue weighted by Crippen LogP contribution is -2.47. The van der Waals surface area contributed by atoms with Crippen LogP contribution in [0.3, 0.4) is 0 Å². The monoisotopic (exact) mass is 324 g/mol. The summed E-state index contributed by atoms with van der Waals surface area (Å²) < 4.78 is 2.03. The molecule has 0 saturated carbocycles. The number of hydrogen-bond donors (Lipinski definition) is 2. The predicted molar refractivity (Wildman–Crippen MR) is 93.6 cm³/mol. The zero-order valence-electron chi connectivity index (χ0n) is 13.9. The standard InChI is InChI=1S/C15H28N6S/c1-4-16-15(17-9-5-6-10-22-3)19-13-7-8-14-18-12(2)20-21(14)11-13/h13H,4-11H2,1-3H3,(H2,16,17,19). The predicted octanol–water partition coefficient (Wildman–Crippen LogP) is 1.60. The number of unbranched alkanes of at least 4 members (excludes halogenated alkanes) is 1. The second-order valence-electron chi connectivity index (χ2n) is 5.60. The highest BCUT2D eigenvalue weighted by Crippen LogP contribution is 2.12. The van der Waals surface area contributed by atoms with Crippen molar-refractivity contribution in [3.8, 4) is 0 Å². The van der Waals surface area contributed by atoms with Gasteiger partial charge in [-0.1, -0.05) is 0 Å². The summed E-state index contributed by atoms with van der Waals surface area (Å²) in [5, 5.41) is 11.3. The first-order chi connectivity index (χ1) is 10.7. The maximum Gasteiger partial charge on any atom is 0.191 e.